The molecule has 9 nitrogen and oxygen atoms in total. The number of benzene rings is 2. The number of nitrogens with one attached hydrogen (secondary N) is 2. The highest BCUT2D eigenvalue weighted by atomic mass is 16.6. The number of alkyl carbamates (subject to hydrolysis) is 1. The molecule has 2 aromatic rings. The molecule has 0 saturated carbocycles. The van der Waals surface area contributed by atoms with E-state index in [0.717, 1.165) is 11.1 Å². The summed E-state index contributed by atoms with van der Waals surface area (Å²) in [5.74, 6) is -1.91. The molecule has 2 unspecified atom stereocenters. The Hall–Kier alpha value is -4.14. The zero-order chi connectivity index (χ0) is 26.9. The monoisotopic (exact) mass is 494 g/mol. The van der Waals surface area contributed by atoms with Crippen molar-refractivity contribution >= 4 is 29.9 Å². The Morgan fingerprint density at radius 2 is 1.75 bits per heavy atom. The lowest BCUT2D eigenvalue weighted by molar-refractivity contribution is -0.141. The molecule has 4 N–H and O–H groups in total. The zero-order valence-electron chi connectivity index (χ0n) is 21.1. The quantitative estimate of drug-likeness (QED) is 0.467. The lowest BCUT2D eigenvalue weighted by Gasteiger charge is -2.31. The average molecular weight is 495 g/mol. The molecular formula is C27H34N4O5. The second-order valence-corrected chi connectivity index (χ2v) is 9.30. The predicted molar refractivity (Wildman–Crippen MR) is 137 cm³/mol. The predicted octanol–water partition coefficient (Wildman–Crippen LogP) is 2.91. The van der Waals surface area contributed by atoms with Crippen LogP contribution < -0.4 is 16.4 Å². The summed E-state index contributed by atoms with van der Waals surface area (Å²) < 4.78 is 5.23. The summed E-state index contributed by atoms with van der Waals surface area (Å²) >= 11 is 0. The van der Waals surface area contributed by atoms with Crippen LogP contribution in [0.5, 0.6) is 0 Å². The van der Waals surface area contributed by atoms with E-state index in [9.17, 15) is 19.2 Å². The van der Waals surface area contributed by atoms with Crippen molar-refractivity contribution in [1.29, 1.82) is 0 Å². The normalized spacial score (nSPS) is 12.6. The van der Waals surface area contributed by atoms with Crippen molar-refractivity contribution in [2.24, 2.45) is 5.73 Å². The van der Waals surface area contributed by atoms with Gasteiger partial charge in [0.1, 0.15) is 17.7 Å². The molecule has 0 saturated heterocycles. The number of ether oxygens (including phenoxy) is 1. The number of rotatable bonds is 10. The van der Waals surface area contributed by atoms with E-state index in [1.165, 1.54) is 11.9 Å². The Labute approximate surface area is 211 Å². The maximum Gasteiger partial charge on any atom is 0.408 e. The Bertz CT molecular complexity index is 1090. The molecule has 192 valence electrons. The summed E-state index contributed by atoms with van der Waals surface area (Å²) in [4.78, 5) is 52.1. The van der Waals surface area contributed by atoms with E-state index in [1.807, 2.05) is 36.4 Å². The van der Waals surface area contributed by atoms with Gasteiger partial charge in [0.25, 0.3) is 0 Å². The fraction of sp³-hybridized carbons (Fsp3) is 0.333. The van der Waals surface area contributed by atoms with Crippen LogP contribution in [0.25, 0.3) is 6.08 Å². The number of nitrogens with two attached hydrogens (primary N) is 1. The molecule has 0 aliphatic rings. The largest absolute Gasteiger partial charge is 0.444 e. The van der Waals surface area contributed by atoms with Crippen LogP contribution in [0.4, 0.5) is 4.79 Å². The fourth-order valence-corrected chi connectivity index (χ4v) is 3.51. The third-order valence-corrected chi connectivity index (χ3v) is 5.15. The third-order valence-electron chi connectivity index (χ3n) is 5.15. The van der Waals surface area contributed by atoms with Crippen LogP contribution in [0.1, 0.15) is 49.9 Å². The number of nitrogens with zero attached hydrogens (tertiary/aromatic N) is 1. The molecule has 2 atom stereocenters. The van der Waals surface area contributed by atoms with Crippen LogP contribution >= 0.6 is 0 Å². The van der Waals surface area contributed by atoms with Crippen molar-refractivity contribution in [3.05, 3.63) is 77.9 Å². The van der Waals surface area contributed by atoms with Crippen LogP contribution in [-0.4, -0.2) is 47.4 Å². The van der Waals surface area contributed by atoms with Crippen molar-refractivity contribution in [1.82, 2.24) is 15.5 Å². The maximum atomic E-state index is 13.5. The van der Waals surface area contributed by atoms with E-state index in [4.69, 9.17) is 10.5 Å². The Balaban J connectivity index is 2.35. The van der Waals surface area contributed by atoms with Crippen LogP contribution in [-0.2, 0) is 25.7 Å². The number of primary amides is 1. The lowest BCUT2D eigenvalue weighted by atomic mass is 10.0. The molecule has 0 bridgehead atoms. The van der Waals surface area contributed by atoms with E-state index in [1.54, 1.807) is 45.0 Å². The van der Waals surface area contributed by atoms with Gasteiger partial charge in [-0.05, 0) is 43.5 Å². The van der Waals surface area contributed by atoms with Gasteiger partial charge in [0.2, 0.25) is 17.7 Å². The Morgan fingerprint density at radius 3 is 2.33 bits per heavy atom. The number of hydrogen-bond donors (Lipinski definition) is 3. The van der Waals surface area contributed by atoms with Gasteiger partial charge in [-0.25, -0.2) is 4.79 Å². The highest BCUT2D eigenvalue weighted by Gasteiger charge is 2.34. The Kier molecular flexibility index (Phi) is 9.78. The van der Waals surface area contributed by atoms with Gasteiger partial charge in [0.05, 0.1) is 6.42 Å². The molecule has 2 aromatic carbocycles. The highest BCUT2D eigenvalue weighted by Crippen LogP contribution is 2.23. The first-order valence-corrected chi connectivity index (χ1v) is 11.5. The molecule has 2 rings (SSSR count). The summed E-state index contributed by atoms with van der Waals surface area (Å²) in [6.45, 7) is 9.02. The second-order valence-electron chi connectivity index (χ2n) is 9.30. The number of amides is 4. The Morgan fingerprint density at radius 1 is 1.08 bits per heavy atom. The number of likely N-dealkylation sites (N-methyl/N-ethyl adjacent to an activating group) is 1. The first-order valence-electron chi connectivity index (χ1n) is 11.5. The van der Waals surface area contributed by atoms with Gasteiger partial charge in [-0.2, -0.15) is 0 Å². The zero-order valence-corrected chi connectivity index (χ0v) is 21.1. The van der Waals surface area contributed by atoms with Gasteiger partial charge in [-0.1, -0.05) is 61.2 Å². The first kappa shape index (κ1) is 28.1. The van der Waals surface area contributed by atoms with Gasteiger partial charge in [0.15, 0.2) is 0 Å². The fourth-order valence-electron chi connectivity index (χ4n) is 3.51. The van der Waals surface area contributed by atoms with Crippen LogP contribution in [0.3, 0.4) is 0 Å². The molecule has 0 radical (unpaired) electrons. The van der Waals surface area contributed by atoms with E-state index in [2.05, 4.69) is 17.2 Å². The minimum atomic E-state index is -1.32. The minimum absolute atomic E-state index is 0.250. The third kappa shape index (κ3) is 8.57. The summed E-state index contributed by atoms with van der Waals surface area (Å²) in [6, 6.07) is 14.0. The molecule has 4 amide bonds. The number of carbonyl (C=O) groups excluding carboxylic acids is 4. The van der Waals surface area contributed by atoms with E-state index < -0.39 is 47.9 Å². The van der Waals surface area contributed by atoms with Crippen LogP contribution in [0, 0.1) is 0 Å². The molecule has 0 spiro atoms. The standard InChI is InChI=1S/C27H34N4O5/c1-6-18-13-10-14-20(15-18)23(24(33)29-17-19-11-8-7-9-12-19)31(5)25(34)21(16-22(28)32)30-26(35)36-27(2,3)4/h6-15,21,23H,1,16-17H2,2-5H3,(H2,28,32)(H,29,33)(H,30,35). The lowest BCUT2D eigenvalue weighted by Crippen LogP contribution is -2.52. The smallest absolute Gasteiger partial charge is 0.408 e. The minimum Gasteiger partial charge on any atom is -0.444 e. The molecule has 9 heteroatoms. The molecule has 0 heterocycles. The molecule has 0 aliphatic carbocycles. The molecule has 0 aliphatic heterocycles. The summed E-state index contributed by atoms with van der Waals surface area (Å²) in [6.07, 6.45) is 0.284. The van der Waals surface area contributed by atoms with Crippen LogP contribution in [0.15, 0.2) is 61.2 Å². The van der Waals surface area contributed by atoms with Gasteiger partial charge in [-0.15, -0.1) is 0 Å². The number of carbonyl (C=O) groups is 4. The van der Waals surface area contributed by atoms with Gasteiger partial charge >= 0.3 is 6.09 Å². The number of hydrogen-bond acceptors (Lipinski definition) is 5. The SMILES string of the molecule is C=Cc1cccc(C(C(=O)NCc2ccccc2)N(C)C(=O)C(CC(N)=O)NC(=O)OC(C)(C)C)c1. The van der Waals surface area contributed by atoms with Crippen molar-refractivity contribution in [3.63, 3.8) is 0 Å². The maximum absolute atomic E-state index is 13.5. The highest BCUT2D eigenvalue weighted by molar-refractivity contribution is 5.94. The van der Waals surface area contributed by atoms with E-state index in [-0.39, 0.29) is 6.54 Å². The van der Waals surface area contributed by atoms with E-state index >= 15 is 0 Å². The molecule has 0 fully saturated rings. The van der Waals surface area contributed by atoms with Crippen LogP contribution in [0.2, 0.25) is 0 Å². The molecule has 0 aromatic heterocycles. The van der Waals surface area contributed by atoms with Gasteiger partial charge in [-0.3, -0.25) is 14.4 Å². The second kappa shape index (κ2) is 12.5. The van der Waals surface area contributed by atoms with Crippen molar-refractivity contribution in [2.45, 2.75) is 51.4 Å². The average Bonchev–Trinajstić information content (AvgIpc) is 2.81. The molecule has 36 heavy (non-hydrogen) atoms. The van der Waals surface area contributed by atoms with Gasteiger partial charge in [0, 0.05) is 13.6 Å². The van der Waals surface area contributed by atoms with Crippen molar-refractivity contribution < 1.29 is 23.9 Å². The first-order chi connectivity index (χ1) is 16.9. The summed E-state index contributed by atoms with van der Waals surface area (Å²) in [5, 5.41) is 5.27. The topological polar surface area (TPSA) is 131 Å². The van der Waals surface area contributed by atoms with E-state index in [0.29, 0.717) is 5.56 Å². The molecular weight excluding hydrogens is 460 g/mol. The summed E-state index contributed by atoms with van der Waals surface area (Å²) in [7, 11) is 1.43. The summed E-state index contributed by atoms with van der Waals surface area (Å²) in [5.41, 5.74) is 6.70. The van der Waals surface area contributed by atoms with Crippen molar-refractivity contribution in [3.8, 4) is 0 Å². The van der Waals surface area contributed by atoms with Crippen molar-refractivity contribution in [2.75, 3.05) is 7.05 Å². The van der Waals surface area contributed by atoms with Gasteiger partial charge < -0.3 is 26.0 Å².